The Balaban J connectivity index is 2.04. The number of anilines is 2. The Morgan fingerprint density at radius 2 is 1.90 bits per heavy atom. The molecule has 5 nitrogen and oxygen atoms in total. The van der Waals surface area contributed by atoms with Crippen molar-refractivity contribution in [3.05, 3.63) is 11.9 Å². The minimum atomic E-state index is 0.434. The van der Waals surface area contributed by atoms with Crippen LogP contribution in [-0.2, 0) is 0 Å². The first-order valence-corrected chi connectivity index (χ1v) is 7.59. The molecule has 0 bridgehead atoms. The molecule has 0 aliphatic heterocycles. The summed E-state index contributed by atoms with van der Waals surface area (Å²) in [6.07, 6.45) is 6.64. The highest BCUT2D eigenvalue weighted by atomic mass is 15.3. The number of nitrogens with one attached hydrogen (secondary N) is 2. The van der Waals surface area contributed by atoms with Crippen molar-refractivity contribution in [2.75, 3.05) is 17.3 Å². The summed E-state index contributed by atoms with van der Waals surface area (Å²) in [7, 11) is 0. The molecule has 0 spiro atoms. The molecular formula is C15H27N5. The summed E-state index contributed by atoms with van der Waals surface area (Å²) in [5, 5.41) is 3.50. The number of aryl methyl sites for hydroxylation is 1. The molecule has 1 fully saturated rings. The van der Waals surface area contributed by atoms with E-state index in [9.17, 15) is 0 Å². The van der Waals surface area contributed by atoms with Crippen LogP contribution in [0.25, 0.3) is 0 Å². The Hall–Kier alpha value is -1.36. The summed E-state index contributed by atoms with van der Waals surface area (Å²) in [6, 6.07) is 1.87. The van der Waals surface area contributed by atoms with E-state index in [0.29, 0.717) is 11.2 Å². The van der Waals surface area contributed by atoms with Crippen molar-refractivity contribution >= 4 is 11.6 Å². The van der Waals surface area contributed by atoms with Crippen LogP contribution >= 0.6 is 0 Å². The van der Waals surface area contributed by atoms with Crippen molar-refractivity contribution in [1.29, 1.82) is 0 Å². The van der Waals surface area contributed by atoms with Gasteiger partial charge in [0.05, 0.1) is 0 Å². The van der Waals surface area contributed by atoms with E-state index in [0.717, 1.165) is 24.1 Å². The van der Waals surface area contributed by atoms with Crippen LogP contribution in [0, 0.1) is 18.3 Å². The van der Waals surface area contributed by atoms with Gasteiger partial charge in [0.2, 0.25) is 0 Å². The second kappa shape index (κ2) is 6.39. The van der Waals surface area contributed by atoms with Gasteiger partial charge in [0.25, 0.3) is 0 Å². The molecular weight excluding hydrogens is 250 g/mol. The van der Waals surface area contributed by atoms with Gasteiger partial charge in [0.15, 0.2) is 0 Å². The number of nitrogen functional groups attached to an aromatic ring is 1. The number of nitrogens with zero attached hydrogens (tertiary/aromatic N) is 2. The lowest BCUT2D eigenvalue weighted by molar-refractivity contribution is 0.252. The van der Waals surface area contributed by atoms with Gasteiger partial charge in [-0.15, -0.1) is 0 Å². The normalized spacial score (nSPS) is 17.4. The highest BCUT2D eigenvalue weighted by molar-refractivity contribution is 5.46. The third-order valence-electron chi connectivity index (χ3n) is 4.14. The maximum Gasteiger partial charge on any atom is 0.145 e. The predicted octanol–water partition coefficient (Wildman–Crippen LogP) is 3.09. The molecule has 1 aromatic rings. The van der Waals surface area contributed by atoms with E-state index >= 15 is 0 Å². The summed E-state index contributed by atoms with van der Waals surface area (Å²) in [5.41, 5.74) is 3.02. The summed E-state index contributed by atoms with van der Waals surface area (Å²) >= 11 is 0. The number of hydrogen-bond acceptors (Lipinski definition) is 5. The monoisotopic (exact) mass is 277 g/mol. The second-order valence-corrected chi connectivity index (χ2v) is 6.49. The zero-order chi connectivity index (χ0) is 14.6. The predicted molar refractivity (Wildman–Crippen MR) is 83.4 cm³/mol. The lowest BCUT2D eigenvalue weighted by Gasteiger charge is -2.31. The average molecular weight is 277 g/mol. The quantitative estimate of drug-likeness (QED) is 0.550. The topological polar surface area (TPSA) is 75.9 Å². The number of hydrazine groups is 1. The molecule has 0 radical (unpaired) electrons. The Kier molecular flexibility index (Phi) is 4.81. The Labute approximate surface area is 121 Å². The van der Waals surface area contributed by atoms with E-state index in [1.807, 2.05) is 13.0 Å². The molecule has 1 aliphatic rings. The van der Waals surface area contributed by atoms with Gasteiger partial charge in [-0.05, 0) is 37.5 Å². The summed E-state index contributed by atoms with van der Waals surface area (Å²) in [4.78, 5) is 8.65. The maximum absolute atomic E-state index is 5.43. The number of rotatable bonds is 6. The molecule has 4 N–H and O–H groups in total. The Morgan fingerprint density at radius 3 is 2.50 bits per heavy atom. The van der Waals surface area contributed by atoms with Crippen LogP contribution in [0.1, 0.15) is 51.8 Å². The SMILES string of the molecule is Cc1nc(NN)cc(NCC2(CC(C)C)CCCC2)n1. The highest BCUT2D eigenvalue weighted by Gasteiger charge is 2.34. The molecule has 2 rings (SSSR count). The average Bonchev–Trinajstić information content (AvgIpc) is 2.84. The second-order valence-electron chi connectivity index (χ2n) is 6.49. The van der Waals surface area contributed by atoms with Gasteiger partial charge in [-0.1, -0.05) is 26.7 Å². The standard InChI is InChI=1S/C15H27N5/c1-11(2)9-15(6-4-5-7-15)10-17-13-8-14(20-16)19-12(3)18-13/h8,11H,4-7,9-10,16H2,1-3H3,(H2,17,18,19,20). The number of hydrogen-bond donors (Lipinski definition) is 3. The van der Waals surface area contributed by atoms with Crippen molar-refractivity contribution < 1.29 is 0 Å². The molecule has 1 saturated carbocycles. The van der Waals surface area contributed by atoms with Crippen LogP contribution in [-0.4, -0.2) is 16.5 Å². The maximum atomic E-state index is 5.43. The fraction of sp³-hybridized carbons (Fsp3) is 0.733. The van der Waals surface area contributed by atoms with Crippen molar-refractivity contribution in [2.45, 2.75) is 52.9 Å². The van der Waals surface area contributed by atoms with Crippen molar-refractivity contribution in [1.82, 2.24) is 9.97 Å². The zero-order valence-corrected chi connectivity index (χ0v) is 12.9. The Morgan fingerprint density at radius 1 is 1.25 bits per heavy atom. The molecule has 1 aliphatic carbocycles. The van der Waals surface area contributed by atoms with Gasteiger partial charge >= 0.3 is 0 Å². The lowest BCUT2D eigenvalue weighted by Crippen LogP contribution is -2.29. The number of nitrogens with two attached hydrogens (primary N) is 1. The molecule has 1 aromatic heterocycles. The zero-order valence-electron chi connectivity index (χ0n) is 12.9. The van der Waals surface area contributed by atoms with Gasteiger partial charge in [-0.3, -0.25) is 0 Å². The molecule has 0 unspecified atom stereocenters. The third-order valence-corrected chi connectivity index (χ3v) is 4.14. The van der Waals surface area contributed by atoms with E-state index in [2.05, 4.69) is 34.6 Å². The first-order chi connectivity index (χ1) is 9.53. The fourth-order valence-electron chi connectivity index (χ4n) is 3.45. The molecule has 112 valence electrons. The van der Waals surface area contributed by atoms with Crippen LogP contribution in [0.4, 0.5) is 11.6 Å². The van der Waals surface area contributed by atoms with Crippen LogP contribution in [0.5, 0.6) is 0 Å². The van der Waals surface area contributed by atoms with E-state index in [-0.39, 0.29) is 0 Å². The minimum Gasteiger partial charge on any atom is -0.369 e. The first kappa shape index (κ1) is 15.0. The van der Waals surface area contributed by atoms with E-state index in [4.69, 9.17) is 5.84 Å². The van der Waals surface area contributed by atoms with Gasteiger partial charge in [0.1, 0.15) is 17.5 Å². The number of aromatic nitrogens is 2. The first-order valence-electron chi connectivity index (χ1n) is 7.59. The summed E-state index contributed by atoms with van der Waals surface area (Å²) in [6.45, 7) is 7.49. The van der Waals surface area contributed by atoms with Crippen molar-refractivity contribution in [3.8, 4) is 0 Å². The molecule has 0 atom stereocenters. The summed E-state index contributed by atoms with van der Waals surface area (Å²) in [5.74, 6) is 8.42. The molecule has 0 saturated heterocycles. The van der Waals surface area contributed by atoms with Gasteiger partial charge < -0.3 is 10.7 Å². The largest absolute Gasteiger partial charge is 0.369 e. The van der Waals surface area contributed by atoms with E-state index in [1.165, 1.54) is 32.1 Å². The van der Waals surface area contributed by atoms with Crippen LogP contribution < -0.4 is 16.6 Å². The van der Waals surface area contributed by atoms with Crippen molar-refractivity contribution in [3.63, 3.8) is 0 Å². The third kappa shape index (κ3) is 3.82. The highest BCUT2D eigenvalue weighted by Crippen LogP contribution is 2.43. The molecule has 20 heavy (non-hydrogen) atoms. The smallest absolute Gasteiger partial charge is 0.145 e. The molecule has 1 heterocycles. The lowest BCUT2D eigenvalue weighted by atomic mass is 9.78. The van der Waals surface area contributed by atoms with Gasteiger partial charge in [0, 0.05) is 12.6 Å². The van der Waals surface area contributed by atoms with Crippen LogP contribution in [0.3, 0.4) is 0 Å². The Bertz CT molecular complexity index is 438. The van der Waals surface area contributed by atoms with E-state index in [1.54, 1.807) is 0 Å². The molecule has 0 amide bonds. The van der Waals surface area contributed by atoms with Crippen LogP contribution in [0.15, 0.2) is 6.07 Å². The van der Waals surface area contributed by atoms with Gasteiger partial charge in [-0.25, -0.2) is 15.8 Å². The summed E-state index contributed by atoms with van der Waals surface area (Å²) < 4.78 is 0. The molecule has 0 aromatic carbocycles. The minimum absolute atomic E-state index is 0.434. The molecule has 5 heteroatoms. The van der Waals surface area contributed by atoms with Crippen molar-refractivity contribution in [2.24, 2.45) is 17.2 Å². The van der Waals surface area contributed by atoms with Crippen LogP contribution in [0.2, 0.25) is 0 Å². The van der Waals surface area contributed by atoms with E-state index < -0.39 is 0 Å². The fourth-order valence-corrected chi connectivity index (χ4v) is 3.45. The van der Waals surface area contributed by atoms with Gasteiger partial charge in [-0.2, -0.15) is 0 Å².